The van der Waals surface area contributed by atoms with E-state index in [1.165, 1.54) is 0 Å². The summed E-state index contributed by atoms with van der Waals surface area (Å²) >= 11 is 12.2. The lowest BCUT2D eigenvalue weighted by molar-refractivity contribution is -0.149. The average Bonchev–Trinajstić information content (AvgIpc) is 3.23. The summed E-state index contributed by atoms with van der Waals surface area (Å²) in [6.45, 7) is 3.17. The number of aromatic amines is 1. The van der Waals surface area contributed by atoms with Gasteiger partial charge in [0.25, 0.3) is 0 Å². The summed E-state index contributed by atoms with van der Waals surface area (Å²) in [6, 6.07) is 11.3. The summed E-state index contributed by atoms with van der Waals surface area (Å²) in [5.41, 5.74) is 3.45. The van der Waals surface area contributed by atoms with Crippen LogP contribution in [0.2, 0.25) is 10.0 Å². The van der Waals surface area contributed by atoms with Gasteiger partial charge in [0.05, 0.1) is 32.2 Å². The number of piperidine rings is 1. The molecule has 1 aromatic carbocycles. The molecule has 1 fully saturated rings. The number of fused-ring (bicyclic) bond motifs is 1. The fourth-order valence-electron chi connectivity index (χ4n) is 4.01. The van der Waals surface area contributed by atoms with Gasteiger partial charge in [-0.15, -0.1) is 0 Å². The van der Waals surface area contributed by atoms with Crippen LogP contribution in [-0.2, 0) is 4.79 Å². The maximum atomic E-state index is 11.5. The zero-order valence-electron chi connectivity index (χ0n) is 17.8. The van der Waals surface area contributed by atoms with Gasteiger partial charge in [-0.05, 0) is 56.2 Å². The van der Waals surface area contributed by atoms with E-state index in [1.807, 2.05) is 31.2 Å². The first-order valence-corrected chi connectivity index (χ1v) is 11.3. The summed E-state index contributed by atoms with van der Waals surface area (Å²) in [5.74, 6) is 0.812. The number of hydrogen-bond acceptors (Lipinski definition) is 5. The Morgan fingerprint density at radius 2 is 1.73 bits per heavy atom. The zero-order valence-corrected chi connectivity index (χ0v) is 19.4. The fourth-order valence-corrected chi connectivity index (χ4v) is 4.34. The van der Waals surface area contributed by atoms with Crippen LogP contribution in [0.4, 0.5) is 5.82 Å². The Morgan fingerprint density at radius 1 is 1.03 bits per heavy atom. The summed E-state index contributed by atoms with van der Waals surface area (Å²) in [7, 11) is 0. The van der Waals surface area contributed by atoms with Gasteiger partial charge in [-0.1, -0.05) is 23.2 Å². The van der Waals surface area contributed by atoms with Gasteiger partial charge < -0.3 is 15.0 Å². The van der Waals surface area contributed by atoms with Gasteiger partial charge in [0.15, 0.2) is 0 Å². The number of halogens is 2. The monoisotopic (exact) mass is 481 g/mol. The number of carboxylic acid groups (broad SMARTS) is 1. The molecule has 0 amide bonds. The van der Waals surface area contributed by atoms with Crippen molar-refractivity contribution in [3.05, 3.63) is 58.8 Å². The van der Waals surface area contributed by atoms with E-state index in [1.54, 1.807) is 24.5 Å². The van der Waals surface area contributed by atoms with E-state index in [0.717, 1.165) is 33.7 Å². The van der Waals surface area contributed by atoms with Crippen molar-refractivity contribution >= 4 is 46.0 Å². The summed E-state index contributed by atoms with van der Waals surface area (Å²) < 4.78 is 0. The van der Waals surface area contributed by atoms with E-state index >= 15 is 0 Å². The van der Waals surface area contributed by atoms with Crippen LogP contribution in [0.1, 0.15) is 19.8 Å². The third-order valence-corrected chi connectivity index (χ3v) is 7.03. The molecule has 4 aromatic rings. The number of benzene rings is 1. The highest BCUT2D eigenvalue weighted by molar-refractivity contribution is 6.42. The SMILES string of the molecule is CC1(C(=O)O)CCN(c2ccc(-c3ccc(-c4nc5cc(Cl)c(Cl)cc5[nH]4)cn3)cn2)CC1. The molecule has 1 aliphatic rings. The Balaban J connectivity index is 1.31. The van der Waals surface area contributed by atoms with Crippen molar-refractivity contribution in [1.29, 1.82) is 0 Å². The van der Waals surface area contributed by atoms with Crippen molar-refractivity contribution in [2.75, 3.05) is 18.0 Å². The molecular weight excluding hydrogens is 461 g/mol. The van der Waals surface area contributed by atoms with Crippen molar-refractivity contribution < 1.29 is 9.90 Å². The summed E-state index contributed by atoms with van der Waals surface area (Å²) in [5, 5.41) is 10.4. The first-order chi connectivity index (χ1) is 15.8. The van der Waals surface area contributed by atoms with Gasteiger partial charge in [0.1, 0.15) is 11.6 Å². The Labute approximate surface area is 200 Å². The van der Waals surface area contributed by atoms with Gasteiger partial charge in [-0.25, -0.2) is 9.97 Å². The number of H-pyrrole nitrogens is 1. The minimum Gasteiger partial charge on any atom is -0.481 e. The molecule has 9 heteroatoms. The van der Waals surface area contributed by atoms with Crippen molar-refractivity contribution in [1.82, 2.24) is 19.9 Å². The molecule has 7 nitrogen and oxygen atoms in total. The topological polar surface area (TPSA) is 95.0 Å². The van der Waals surface area contributed by atoms with Crippen LogP contribution < -0.4 is 4.90 Å². The quantitative estimate of drug-likeness (QED) is 0.388. The highest BCUT2D eigenvalue weighted by atomic mass is 35.5. The number of nitrogens with one attached hydrogen (secondary N) is 1. The number of carboxylic acids is 1. The van der Waals surface area contributed by atoms with Crippen LogP contribution in [0.25, 0.3) is 33.7 Å². The summed E-state index contributed by atoms with van der Waals surface area (Å²) in [4.78, 5) is 30.6. The second kappa shape index (κ2) is 8.32. The minimum absolute atomic E-state index is 0.465. The molecule has 0 spiro atoms. The summed E-state index contributed by atoms with van der Waals surface area (Å²) in [6.07, 6.45) is 4.78. The molecular formula is C24H21Cl2N5O2. The number of rotatable bonds is 4. The van der Waals surface area contributed by atoms with Gasteiger partial charge in [-0.3, -0.25) is 9.78 Å². The lowest BCUT2D eigenvalue weighted by Gasteiger charge is -2.37. The first-order valence-electron chi connectivity index (χ1n) is 10.6. The van der Waals surface area contributed by atoms with Crippen LogP contribution in [0.5, 0.6) is 0 Å². The number of pyridine rings is 2. The maximum absolute atomic E-state index is 11.5. The number of aromatic nitrogens is 4. The minimum atomic E-state index is -0.727. The molecule has 0 saturated carbocycles. The largest absolute Gasteiger partial charge is 0.481 e. The van der Waals surface area contributed by atoms with E-state index in [9.17, 15) is 9.90 Å². The van der Waals surface area contributed by atoms with Gasteiger partial charge in [0.2, 0.25) is 0 Å². The van der Waals surface area contributed by atoms with E-state index < -0.39 is 11.4 Å². The second-order valence-electron chi connectivity index (χ2n) is 8.56. The van der Waals surface area contributed by atoms with E-state index in [-0.39, 0.29) is 0 Å². The number of hydrogen-bond donors (Lipinski definition) is 2. The number of nitrogens with zero attached hydrogens (tertiary/aromatic N) is 4. The lowest BCUT2D eigenvalue weighted by Crippen LogP contribution is -2.43. The van der Waals surface area contributed by atoms with Crippen molar-refractivity contribution in [2.45, 2.75) is 19.8 Å². The predicted octanol–water partition coefficient (Wildman–Crippen LogP) is 5.68. The van der Waals surface area contributed by atoms with Crippen LogP contribution in [-0.4, -0.2) is 44.1 Å². The smallest absolute Gasteiger partial charge is 0.309 e. The van der Waals surface area contributed by atoms with Crippen LogP contribution in [0.3, 0.4) is 0 Å². The van der Waals surface area contributed by atoms with Crippen LogP contribution >= 0.6 is 23.2 Å². The van der Waals surface area contributed by atoms with E-state index in [0.29, 0.717) is 41.8 Å². The molecule has 2 N–H and O–H groups in total. The van der Waals surface area contributed by atoms with Crippen molar-refractivity contribution in [3.8, 4) is 22.6 Å². The molecule has 1 aliphatic heterocycles. The number of aliphatic carboxylic acids is 1. The number of imidazole rings is 1. The maximum Gasteiger partial charge on any atom is 0.309 e. The Bertz CT molecular complexity index is 1290. The molecule has 0 radical (unpaired) electrons. The highest BCUT2D eigenvalue weighted by Crippen LogP contribution is 2.33. The Kier molecular flexibility index (Phi) is 5.46. The molecule has 0 bridgehead atoms. The standard InChI is InChI=1S/C24H21Cl2N5O2/c1-24(23(32)33)6-8-31(9-7-24)21-5-3-14(12-28-21)18-4-2-15(13-27-18)22-29-19-10-16(25)17(26)11-20(19)30-22/h2-5,10-13H,6-9H2,1H3,(H,29,30)(H,32,33). The number of anilines is 1. The van der Waals surface area contributed by atoms with E-state index in [4.69, 9.17) is 23.2 Å². The molecule has 4 heterocycles. The normalized spacial score (nSPS) is 15.7. The molecule has 168 valence electrons. The van der Waals surface area contributed by atoms with Gasteiger partial charge >= 0.3 is 5.97 Å². The molecule has 0 atom stereocenters. The van der Waals surface area contributed by atoms with Gasteiger partial charge in [-0.2, -0.15) is 0 Å². The molecule has 5 rings (SSSR count). The Morgan fingerprint density at radius 3 is 2.36 bits per heavy atom. The second-order valence-corrected chi connectivity index (χ2v) is 9.37. The molecule has 33 heavy (non-hydrogen) atoms. The van der Waals surface area contributed by atoms with Crippen molar-refractivity contribution in [3.63, 3.8) is 0 Å². The molecule has 1 saturated heterocycles. The highest BCUT2D eigenvalue weighted by Gasteiger charge is 2.37. The van der Waals surface area contributed by atoms with Crippen LogP contribution in [0, 0.1) is 5.41 Å². The average molecular weight is 482 g/mol. The fraction of sp³-hybridized carbons (Fsp3) is 0.250. The Hall–Kier alpha value is -3.16. The third-order valence-electron chi connectivity index (χ3n) is 6.31. The molecule has 0 unspecified atom stereocenters. The molecule has 0 aliphatic carbocycles. The first kappa shape index (κ1) is 21.7. The third kappa shape index (κ3) is 4.14. The number of carbonyl (C=O) groups is 1. The predicted molar refractivity (Wildman–Crippen MR) is 130 cm³/mol. The molecule has 3 aromatic heterocycles. The van der Waals surface area contributed by atoms with Crippen molar-refractivity contribution in [2.24, 2.45) is 5.41 Å². The lowest BCUT2D eigenvalue weighted by atomic mass is 9.80. The van der Waals surface area contributed by atoms with Gasteiger partial charge in [0, 0.05) is 36.6 Å². The van der Waals surface area contributed by atoms with E-state index in [2.05, 4.69) is 24.8 Å². The van der Waals surface area contributed by atoms with Crippen LogP contribution in [0.15, 0.2) is 48.8 Å². The zero-order chi connectivity index (χ0) is 23.2.